The quantitative estimate of drug-likeness (QED) is 0.532. The zero-order valence-corrected chi connectivity index (χ0v) is 17.4. The second-order valence-corrected chi connectivity index (χ2v) is 8.74. The maximum absolute atomic E-state index is 12.6. The summed E-state index contributed by atoms with van der Waals surface area (Å²) in [5.41, 5.74) is 6.64. The predicted molar refractivity (Wildman–Crippen MR) is 112 cm³/mol. The van der Waals surface area contributed by atoms with E-state index in [9.17, 15) is 18.5 Å². The molecule has 0 heterocycles. The number of sulfonamides is 1. The molecule has 0 radical (unpaired) electrons. The van der Waals surface area contributed by atoms with Gasteiger partial charge in [0.15, 0.2) is 0 Å². The fraction of sp³-hybridized carbons (Fsp3) is 0.400. The molecule has 0 fully saturated rings. The second kappa shape index (κ2) is 11.5. The fourth-order valence-corrected chi connectivity index (χ4v) is 4.05. The lowest BCUT2D eigenvalue weighted by molar-refractivity contribution is -0.384. The monoisotopic (exact) mass is 407 g/mol. The summed E-state index contributed by atoms with van der Waals surface area (Å²) in [5, 5.41) is 10.6. The molecule has 0 bridgehead atoms. The summed E-state index contributed by atoms with van der Waals surface area (Å²) in [6.45, 7) is 7.08. The van der Waals surface area contributed by atoms with Crippen molar-refractivity contribution in [3.8, 4) is 0 Å². The Bertz CT molecular complexity index is 822. The van der Waals surface area contributed by atoms with Crippen LogP contribution in [0.15, 0.2) is 59.5 Å². The van der Waals surface area contributed by atoms with Gasteiger partial charge in [0.25, 0.3) is 5.69 Å². The smallest absolute Gasteiger partial charge is 0.269 e. The van der Waals surface area contributed by atoms with Crippen LogP contribution in [0.5, 0.6) is 0 Å². The van der Waals surface area contributed by atoms with Crippen molar-refractivity contribution in [3.63, 3.8) is 0 Å². The van der Waals surface area contributed by atoms with E-state index >= 15 is 0 Å². The molecule has 0 atom stereocenters. The molecule has 2 aromatic carbocycles. The number of nitro benzene ring substituents is 1. The van der Waals surface area contributed by atoms with Gasteiger partial charge in [0.05, 0.1) is 9.82 Å². The second-order valence-electron chi connectivity index (χ2n) is 6.80. The van der Waals surface area contributed by atoms with Crippen molar-refractivity contribution in [2.24, 2.45) is 11.7 Å². The van der Waals surface area contributed by atoms with E-state index in [1.54, 1.807) is 0 Å². The Hall–Kier alpha value is -2.29. The normalized spacial score (nSPS) is 11.2. The highest BCUT2D eigenvalue weighted by Gasteiger charge is 2.25. The third kappa shape index (κ3) is 7.75. The number of non-ortho nitro benzene ring substituents is 1. The molecule has 0 aromatic heterocycles. The minimum absolute atomic E-state index is 0.0609. The van der Waals surface area contributed by atoms with Crippen LogP contribution in [0.1, 0.15) is 25.8 Å². The number of hydrogen-bond acceptors (Lipinski definition) is 5. The standard InChI is InChI=1S/C13H21N3O4S.C7H8/c1-11(2)10-15(9-3-8-14)21(19,20)13-6-4-12(5-7-13)16(17)18;1-7-5-3-2-4-6-7/h4-7,11H,3,8-10,14H2,1-2H3;2-6H,1H3. The average molecular weight is 408 g/mol. The van der Waals surface area contributed by atoms with Crippen LogP contribution in [0.3, 0.4) is 0 Å². The van der Waals surface area contributed by atoms with Gasteiger partial charge in [0.2, 0.25) is 10.0 Å². The third-order valence-corrected chi connectivity index (χ3v) is 5.69. The number of rotatable bonds is 8. The van der Waals surface area contributed by atoms with Gasteiger partial charge in [-0.2, -0.15) is 4.31 Å². The molecule has 0 saturated heterocycles. The molecule has 154 valence electrons. The summed E-state index contributed by atoms with van der Waals surface area (Å²) < 4.78 is 26.5. The predicted octanol–water partition coefficient (Wildman–Crippen LogP) is 3.59. The van der Waals surface area contributed by atoms with Gasteiger partial charge in [-0.15, -0.1) is 0 Å². The first-order chi connectivity index (χ1) is 13.2. The summed E-state index contributed by atoms with van der Waals surface area (Å²) in [5.74, 6) is 0.176. The van der Waals surface area contributed by atoms with E-state index in [-0.39, 0.29) is 16.5 Å². The zero-order chi connectivity index (χ0) is 21.2. The maximum Gasteiger partial charge on any atom is 0.269 e. The molecule has 0 unspecified atom stereocenters. The largest absolute Gasteiger partial charge is 0.330 e. The van der Waals surface area contributed by atoms with Crippen LogP contribution in [-0.4, -0.2) is 37.3 Å². The molecule has 7 nitrogen and oxygen atoms in total. The van der Waals surface area contributed by atoms with E-state index in [1.165, 1.54) is 34.1 Å². The summed E-state index contributed by atoms with van der Waals surface area (Å²) >= 11 is 0. The van der Waals surface area contributed by atoms with Crippen LogP contribution >= 0.6 is 0 Å². The Morgan fingerprint density at radius 1 is 1.07 bits per heavy atom. The Morgan fingerprint density at radius 3 is 2.04 bits per heavy atom. The number of nitrogens with zero attached hydrogens (tertiary/aromatic N) is 2. The molecule has 8 heteroatoms. The summed E-state index contributed by atoms with van der Waals surface area (Å²) in [6, 6.07) is 15.2. The SMILES string of the molecule is CC(C)CN(CCCN)S(=O)(=O)c1ccc([N+](=O)[O-])cc1.Cc1ccccc1. The molecule has 0 aliphatic carbocycles. The highest BCUT2D eigenvalue weighted by atomic mass is 32.2. The van der Waals surface area contributed by atoms with Gasteiger partial charge in [-0.1, -0.05) is 49.7 Å². The minimum atomic E-state index is -3.66. The molecule has 0 aliphatic rings. The van der Waals surface area contributed by atoms with E-state index < -0.39 is 14.9 Å². The lowest BCUT2D eigenvalue weighted by Crippen LogP contribution is -2.35. The fourth-order valence-electron chi connectivity index (χ4n) is 2.41. The maximum atomic E-state index is 12.6. The first kappa shape index (κ1) is 23.7. The van der Waals surface area contributed by atoms with Crippen molar-refractivity contribution in [3.05, 3.63) is 70.3 Å². The molecular formula is C20H29N3O4S. The van der Waals surface area contributed by atoms with E-state index in [0.29, 0.717) is 26.1 Å². The lowest BCUT2D eigenvalue weighted by Gasteiger charge is -2.23. The molecule has 2 N–H and O–H groups in total. The summed E-state index contributed by atoms with van der Waals surface area (Å²) in [7, 11) is -3.66. The summed E-state index contributed by atoms with van der Waals surface area (Å²) in [4.78, 5) is 10.1. The van der Waals surface area contributed by atoms with Gasteiger partial charge < -0.3 is 5.73 Å². The molecule has 0 spiro atoms. The van der Waals surface area contributed by atoms with Crippen LogP contribution < -0.4 is 5.73 Å². The third-order valence-electron chi connectivity index (χ3n) is 3.81. The van der Waals surface area contributed by atoms with Gasteiger partial charge >= 0.3 is 0 Å². The van der Waals surface area contributed by atoms with E-state index in [0.717, 1.165) is 0 Å². The van der Waals surface area contributed by atoms with Crippen molar-refractivity contribution in [1.29, 1.82) is 0 Å². The van der Waals surface area contributed by atoms with Gasteiger partial charge in [0.1, 0.15) is 0 Å². The van der Waals surface area contributed by atoms with Crippen LogP contribution in [0.4, 0.5) is 5.69 Å². The molecule has 2 aromatic rings. The topological polar surface area (TPSA) is 107 Å². The highest BCUT2D eigenvalue weighted by molar-refractivity contribution is 7.89. The van der Waals surface area contributed by atoms with Crippen molar-refractivity contribution < 1.29 is 13.3 Å². The number of benzene rings is 2. The van der Waals surface area contributed by atoms with Crippen molar-refractivity contribution in [2.45, 2.75) is 32.1 Å². The first-order valence-electron chi connectivity index (χ1n) is 9.14. The number of hydrogen-bond donors (Lipinski definition) is 1. The van der Waals surface area contributed by atoms with Crippen LogP contribution in [-0.2, 0) is 10.0 Å². The van der Waals surface area contributed by atoms with Crippen LogP contribution in [0, 0.1) is 23.0 Å². The lowest BCUT2D eigenvalue weighted by atomic mass is 10.2. The Kier molecular flexibility index (Phi) is 9.78. The number of aryl methyl sites for hydroxylation is 1. The minimum Gasteiger partial charge on any atom is -0.330 e. The van der Waals surface area contributed by atoms with E-state index in [4.69, 9.17) is 5.73 Å². The van der Waals surface area contributed by atoms with Gasteiger partial charge in [0, 0.05) is 25.2 Å². The van der Waals surface area contributed by atoms with Crippen LogP contribution in [0.2, 0.25) is 0 Å². The van der Waals surface area contributed by atoms with E-state index in [1.807, 2.05) is 32.0 Å². The van der Waals surface area contributed by atoms with Gasteiger partial charge in [-0.05, 0) is 37.9 Å². The van der Waals surface area contributed by atoms with Gasteiger partial charge in [-0.3, -0.25) is 10.1 Å². The molecule has 28 heavy (non-hydrogen) atoms. The average Bonchev–Trinajstić information content (AvgIpc) is 2.66. The molecule has 0 aliphatic heterocycles. The summed E-state index contributed by atoms with van der Waals surface area (Å²) in [6.07, 6.45) is 0.568. The zero-order valence-electron chi connectivity index (χ0n) is 16.6. The molecule has 2 rings (SSSR count). The van der Waals surface area contributed by atoms with Crippen LogP contribution in [0.25, 0.3) is 0 Å². The van der Waals surface area contributed by atoms with Gasteiger partial charge in [-0.25, -0.2) is 8.42 Å². The molecule has 0 amide bonds. The Labute approximate surface area is 167 Å². The number of nitro groups is 1. The van der Waals surface area contributed by atoms with Crippen molar-refractivity contribution >= 4 is 15.7 Å². The Morgan fingerprint density at radius 2 is 1.64 bits per heavy atom. The number of nitrogens with two attached hydrogens (primary N) is 1. The Balaban J connectivity index is 0.000000467. The van der Waals surface area contributed by atoms with Crippen molar-refractivity contribution in [2.75, 3.05) is 19.6 Å². The molecular weight excluding hydrogens is 378 g/mol. The van der Waals surface area contributed by atoms with Crippen molar-refractivity contribution in [1.82, 2.24) is 4.31 Å². The molecule has 0 saturated carbocycles. The first-order valence-corrected chi connectivity index (χ1v) is 10.6. The van der Waals surface area contributed by atoms with E-state index in [2.05, 4.69) is 19.1 Å². The highest BCUT2D eigenvalue weighted by Crippen LogP contribution is 2.20.